The van der Waals surface area contributed by atoms with Gasteiger partial charge in [-0.05, 0) is 29.8 Å². The van der Waals surface area contributed by atoms with E-state index in [2.05, 4.69) is 27.3 Å². The molecule has 4 rings (SSSR count). The number of likely N-dealkylation sites (tertiary alicyclic amines) is 1. The van der Waals surface area contributed by atoms with Crippen LogP contribution in [0.5, 0.6) is 5.88 Å². The van der Waals surface area contributed by atoms with Gasteiger partial charge in [0.2, 0.25) is 5.88 Å². The summed E-state index contributed by atoms with van der Waals surface area (Å²) in [4.78, 5) is 20.8. The monoisotopic (exact) mass is 528 g/mol. The van der Waals surface area contributed by atoms with Crippen molar-refractivity contribution in [2.24, 2.45) is 0 Å². The number of nitrogens with one attached hydrogen (secondary N) is 1. The number of halogens is 3. The maximum Gasteiger partial charge on any atom is 0.253 e. The van der Waals surface area contributed by atoms with Crippen molar-refractivity contribution in [3.8, 4) is 5.88 Å². The maximum atomic E-state index is 15.3. The highest BCUT2D eigenvalue weighted by atomic mass is 35.5. The second kappa shape index (κ2) is 12.3. The molecule has 0 spiro atoms. The van der Waals surface area contributed by atoms with Gasteiger partial charge in [-0.1, -0.05) is 48.0 Å². The van der Waals surface area contributed by atoms with Crippen LogP contribution in [0.15, 0.2) is 66.7 Å². The molecule has 0 bridgehead atoms. The highest BCUT2D eigenvalue weighted by Crippen LogP contribution is 2.27. The van der Waals surface area contributed by atoms with E-state index in [0.29, 0.717) is 24.6 Å². The lowest BCUT2D eigenvalue weighted by Crippen LogP contribution is -2.49. The van der Waals surface area contributed by atoms with E-state index in [-0.39, 0.29) is 43.4 Å². The normalized spacial score (nSPS) is 14.9. The zero-order valence-corrected chi connectivity index (χ0v) is 21.6. The summed E-state index contributed by atoms with van der Waals surface area (Å²) in [5.74, 6) is 0.478. The highest BCUT2D eigenvalue weighted by molar-refractivity contribution is 6.31. The molecule has 0 saturated carbocycles. The van der Waals surface area contributed by atoms with Gasteiger partial charge < -0.3 is 19.9 Å². The molecule has 0 atom stereocenters. The fraction of sp³-hybridized carbons (Fsp3) is 0.357. The van der Waals surface area contributed by atoms with Crippen molar-refractivity contribution in [1.82, 2.24) is 15.2 Å². The third kappa shape index (κ3) is 7.40. The number of ether oxygens (including phenoxy) is 1. The van der Waals surface area contributed by atoms with Crippen molar-refractivity contribution < 1.29 is 18.3 Å². The standard InChI is InChI=1S/C28H31ClF2N4O2/c1-34(19-21-6-3-2-4-7-21)25-8-5-9-26(33-25)37-17-14-32-20-28(31)12-15-35(16-13-28)27(36)22-10-11-24(30)23(29)18-22/h2-11,18,32H,12-17,19-20H2,1H3. The van der Waals surface area contributed by atoms with Crippen LogP contribution in [0, 0.1) is 5.82 Å². The molecule has 1 saturated heterocycles. The van der Waals surface area contributed by atoms with Crippen molar-refractivity contribution in [3.05, 3.63) is 88.7 Å². The third-order valence-electron chi connectivity index (χ3n) is 6.45. The summed E-state index contributed by atoms with van der Waals surface area (Å²) < 4.78 is 34.4. The second-order valence-electron chi connectivity index (χ2n) is 9.27. The number of hydrogen-bond acceptors (Lipinski definition) is 5. The summed E-state index contributed by atoms with van der Waals surface area (Å²) in [6.07, 6.45) is 0.442. The van der Waals surface area contributed by atoms with Crippen LogP contribution in [-0.2, 0) is 6.54 Å². The average Bonchev–Trinajstić information content (AvgIpc) is 2.91. The topological polar surface area (TPSA) is 57.7 Å². The van der Waals surface area contributed by atoms with Crippen molar-refractivity contribution in [3.63, 3.8) is 0 Å². The lowest BCUT2D eigenvalue weighted by molar-refractivity contribution is 0.0433. The Kier molecular flexibility index (Phi) is 8.95. The van der Waals surface area contributed by atoms with Gasteiger partial charge in [-0.2, -0.15) is 4.98 Å². The second-order valence-corrected chi connectivity index (χ2v) is 9.68. The summed E-state index contributed by atoms with van der Waals surface area (Å²) in [7, 11) is 1.98. The predicted octanol–water partition coefficient (Wildman–Crippen LogP) is 5.12. The molecule has 2 heterocycles. The molecule has 2 aromatic carbocycles. The van der Waals surface area contributed by atoms with Crippen molar-refractivity contribution in [2.75, 3.05) is 44.7 Å². The predicted molar refractivity (Wildman–Crippen MR) is 142 cm³/mol. The molecular formula is C28H31ClF2N4O2. The minimum Gasteiger partial charge on any atom is -0.476 e. The third-order valence-corrected chi connectivity index (χ3v) is 6.74. The quantitative estimate of drug-likeness (QED) is 0.370. The number of anilines is 1. The first-order valence-electron chi connectivity index (χ1n) is 12.3. The molecule has 37 heavy (non-hydrogen) atoms. The van der Waals surface area contributed by atoms with Crippen LogP contribution in [0.2, 0.25) is 5.02 Å². The number of rotatable bonds is 10. The molecule has 1 N–H and O–H groups in total. The SMILES string of the molecule is CN(Cc1ccccc1)c1cccc(OCCNCC2(F)CCN(C(=O)c3ccc(F)c(Cl)c3)CC2)n1. The zero-order valence-electron chi connectivity index (χ0n) is 20.8. The van der Waals surface area contributed by atoms with E-state index in [4.69, 9.17) is 16.3 Å². The van der Waals surface area contributed by atoms with Gasteiger partial charge in [-0.3, -0.25) is 4.79 Å². The molecule has 6 nitrogen and oxygen atoms in total. The summed E-state index contributed by atoms with van der Waals surface area (Å²) in [5, 5.41) is 3.02. The van der Waals surface area contributed by atoms with Crippen molar-refractivity contribution >= 4 is 23.3 Å². The van der Waals surface area contributed by atoms with Crippen LogP contribution < -0.4 is 15.0 Å². The van der Waals surface area contributed by atoms with Gasteiger partial charge in [-0.15, -0.1) is 0 Å². The number of pyridine rings is 1. The fourth-order valence-corrected chi connectivity index (χ4v) is 4.45. The molecule has 1 aromatic heterocycles. The Hall–Kier alpha value is -3.23. The number of carbonyl (C=O) groups is 1. The average molecular weight is 529 g/mol. The van der Waals surface area contributed by atoms with Crippen LogP contribution >= 0.6 is 11.6 Å². The van der Waals surface area contributed by atoms with E-state index in [9.17, 15) is 9.18 Å². The number of benzene rings is 2. The Labute approximate surface area is 221 Å². The van der Waals surface area contributed by atoms with Gasteiger partial charge in [0.15, 0.2) is 0 Å². The maximum absolute atomic E-state index is 15.3. The molecule has 1 fully saturated rings. The Bertz CT molecular complexity index is 1190. The highest BCUT2D eigenvalue weighted by Gasteiger charge is 2.35. The molecule has 1 aliphatic heterocycles. The Balaban J connectivity index is 1.18. The lowest BCUT2D eigenvalue weighted by atomic mass is 9.93. The van der Waals surface area contributed by atoms with E-state index in [1.54, 1.807) is 11.0 Å². The number of alkyl halides is 1. The molecule has 0 radical (unpaired) electrons. The molecule has 1 aliphatic rings. The summed E-state index contributed by atoms with van der Waals surface area (Å²) >= 11 is 5.79. The minimum atomic E-state index is -1.41. The van der Waals surface area contributed by atoms with Gasteiger partial charge in [0, 0.05) is 64.2 Å². The minimum absolute atomic E-state index is 0.102. The van der Waals surface area contributed by atoms with Gasteiger partial charge in [-0.25, -0.2) is 8.78 Å². The summed E-state index contributed by atoms with van der Waals surface area (Å²) in [6.45, 7) is 2.30. The molecule has 0 unspecified atom stereocenters. The number of carbonyl (C=O) groups excluding carboxylic acids is 1. The van der Waals surface area contributed by atoms with Crippen LogP contribution in [0.4, 0.5) is 14.6 Å². The number of amides is 1. The molecule has 0 aliphatic carbocycles. The van der Waals surface area contributed by atoms with Crippen molar-refractivity contribution in [1.29, 1.82) is 0 Å². The number of hydrogen-bond donors (Lipinski definition) is 1. The van der Waals surface area contributed by atoms with Crippen LogP contribution in [0.1, 0.15) is 28.8 Å². The lowest BCUT2D eigenvalue weighted by Gasteiger charge is -2.36. The number of nitrogens with zero attached hydrogens (tertiary/aromatic N) is 3. The first-order chi connectivity index (χ1) is 17.8. The molecule has 1 amide bonds. The van der Waals surface area contributed by atoms with Crippen molar-refractivity contribution in [2.45, 2.75) is 25.1 Å². The Morgan fingerprint density at radius 3 is 2.62 bits per heavy atom. The van der Waals surface area contributed by atoms with Gasteiger partial charge in [0.25, 0.3) is 5.91 Å². The molecule has 3 aromatic rings. The summed E-state index contributed by atoms with van der Waals surface area (Å²) in [5.41, 5.74) is 0.0877. The van der Waals surface area contributed by atoms with E-state index < -0.39 is 11.5 Å². The van der Waals surface area contributed by atoms with E-state index >= 15 is 4.39 Å². The first kappa shape index (κ1) is 26.8. The smallest absolute Gasteiger partial charge is 0.253 e. The van der Waals surface area contributed by atoms with E-state index in [1.165, 1.54) is 23.8 Å². The zero-order chi connectivity index (χ0) is 26.3. The van der Waals surface area contributed by atoms with Crippen LogP contribution in [0.3, 0.4) is 0 Å². The largest absolute Gasteiger partial charge is 0.476 e. The van der Waals surface area contributed by atoms with Crippen LogP contribution in [-0.4, -0.2) is 61.3 Å². The number of piperidine rings is 1. The van der Waals surface area contributed by atoms with Crippen LogP contribution in [0.25, 0.3) is 0 Å². The molecule has 196 valence electrons. The Morgan fingerprint density at radius 2 is 1.89 bits per heavy atom. The summed E-state index contributed by atoms with van der Waals surface area (Å²) in [6, 6.07) is 19.7. The molecular weight excluding hydrogens is 498 g/mol. The first-order valence-corrected chi connectivity index (χ1v) is 12.7. The Morgan fingerprint density at radius 1 is 1.14 bits per heavy atom. The van der Waals surface area contributed by atoms with Gasteiger partial charge in [0.1, 0.15) is 23.9 Å². The fourth-order valence-electron chi connectivity index (χ4n) is 4.27. The van der Waals surface area contributed by atoms with E-state index in [1.807, 2.05) is 37.4 Å². The number of aromatic nitrogens is 1. The van der Waals surface area contributed by atoms with Gasteiger partial charge >= 0.3 is 0 Å². The molecule has 9 heteroatoms. The van der Waals surface area contributed by atoms with E-state index in [0.717, 1.165) is 12.4 Å². The van der Waals surface area contributed by atoms with Gasteiger partial charge in [0.05, 0.1) is 5.02 Å².